The lowest BCUT2D eigenvalue weighted by atomic mass is 9.81. The van der Waals surface area contributed by atoms with Crippen LogP contribution in [0.5, 0.6) is 0 Å². The van der Waals surface area contributed by atoms with Crippen LogP contribution < -0.4 is 5.32 Å². The van der Waals surface area contributed by atoms with Gasteiger partial charge in [-0.3, -0.25) is 0 Å². The molecule has 0 spiro atoms. The first kappa shape index (κ1) is 15.9. The molecule has 2 nitrogen and oxygen atoms in total. The first-order chi connectivity index (χ1) is 7.55. The number of nitrogens with zero attached hydrogens (tertiary/aromatic N) is 1. The van der Waals surface area contributed by atoms with Crippen molar-refractivity contribution in [3.05, 3.63) is 0 Å². The van der Waals surface area contributed by atoms with Gasteiger partial charge in [0.2, 0.25) is 0 Å². The van der Waals surface area contributed by atoms with E-state index in [9.17, 15) is 0 Å². The van der Waals surface area contributed by atoms with Gasteiger partial charge >= 0.3 is 0 Å². The molecule has 0 aliphatic carbocycles. The average Bonchev–Trinajstić information content (AvgIpc) is 2.33. The van der Waals surface area contributed by atoms with E-state index < -0.39 is 0 Å². The van der Waals surface area contributed by atoms with Gasteiger partial charge in [0.15, 0.2) is 0 Å². The topological polar surface area (TPSA) is 15.3 Å². The minimum absolute atomic E-state index is 0.453. The standard InChI is InChI=1S/C14H32N2/c1-7-13(5)16(6)12-14(8-2,9-3)11-15-10-4/h13,15H,7-12H2,1-6H3. The van der Waals surface area contributed by atoms with Crippen LogP contribution in [0.2, 0.25) is 0 Å². The SMILES string of the molecule is CCNCC(CC)(CC)CN(C)C(C)CC. The molecule has 0 aliphatic heterocycles. The summed E-state index contributed by atoms with van der Waals surface area (Å²) in [5, 5.41) is 3.53. The molecule has 2 heteroatoms. The summed E-state index contributed by atoms with van der Waals surface area (Å²) in [5.74, 6) is 0. The van der Waals surface area contributed by atoms with Crippen LogP contribution in [0.1, 0.15) is 53.9 Å². The monoisotopic (exact) mass is 228 g/mol. The van der Waals surface area contributed by atoms with Gasteiger partial charge in [-0.1, -0.05) is 27.7 Å². The van der Waals surface area contributed by atoms with Crippen molar-refractivity contribution < 1.29 is 0 Å². The zero-order valence-electron chi connectivity index (χ0n) is 12.3. The largest absolute Gasteiger partial charge is 0.316 e. The summed E-state index contributed by atoms with van der Waals surface area (Å²) in [4.78, 5) is 2.52. The Hall–Kier alpha value is -0.0800. The molecule has 1 unspecified atom stereocenters. The third-order valence-electron chi connectivity index (χ3n) is 4.18. The quantitative estimate of drug-likeness (QED) is 0.652. The van der Waals surface area contributed by atoms with E-state index in [1.807, 2.05) is 0 Å². The molecule has 0 bridgehead atoms. The molecule has 0 heterocycles. The highest BCUT2D eigenvalue weighted by molar-refractivity contribution is 4.83. The Bertz CT molecular complexity index is 164. The Balaban J connectivity index is 4.40. The minimum Gasteiger partial charge on any atom is -0.316 e. The van der Waals surface area contributed by atoms with E-state index in [-0.39, 0.29) is 0 Å². The molecule has 0 aromatic heterocycles. The van der Waals surface area contributed by atoms with Crippen molar-refractivity contribution >= 4 is 0 Å². The third-order valence-corrected chi connectivity index (χ3v) is 4.18. The summed E-state index contributed by atoms with van der Waals surface area (Å²) in [6, 6.07) is 0.694. The lowest BCUT2D eigenvalue weighted by Crippen LogP contribution is -2.44. The fourth-order valence-corrected chi connectivity index (χ4v) is 2.17. The van der Waals surface area contributed by atoms with Crippen molar-refractivity contribution in [2.75, 3.05) is 26.7 Å². The van der Waals surface area contributed by atoms with E-state index in [2.05, 4.69) is 51.9 Å². The van der Waals surface area contributed by atoms with Crippen LogP contribution in [-0.4, -0.2) is 37.6 Å². The lowest BCUT2D eigenvalue weighted by molar-refractivity contribution is 0.126. The maximum Gasteiger partial charge on any atom is 0.00614 e. The number of nitrogens with one attached hydrogen (secondary N) is 1. The second-order valence-electron chi connectivity index (χ2n) is 5.16. The second-order valence-corrected chi connectivity index (χ2v) is 5.16. The van der Waals surface area contributed by atoms with Crippen LogP contribution in [-0.2, 0) is 0 Å². The van der Waals surface area contributed by atoms with E-state index >= 15 is 0 Å². The van der Waals surface area contributed by atoms with Gasteiger partial charge < -0.3 is 10.2 Å². The maximum absolute atomic E-state index is 3.53. The first-order valence-corrected chi connectivity index (χ1v) is 6.96. The molecule has 16 heavy (non-hydrogen) atoms. The van der Waals surface area contributed by atoms with E-state index in [0.29, 0.717) is 11.5 Å². The Morgan fingerprint density at radius 1 is 1.12 bits per heavy atom. The molecule has 0 aliphatic rings. The van der Waals surface area contributed by atoms with Crippen molar-refractivity contribution in [2.45, 2.75) is 59.9 Å². The molecular weight excluding hydrogens is 196 g/mol. The van der Waals surface area contributed by atoms with Gasteiger partial charge in [0, 0.05) is 19.1 Å². The van der Waals surface area contributed by atoms with Gasteiger partial charge in [0.05, 0.1) is 0 Å². The van der Waals surface area contributed by atoms with Crippen LogP contribution >= 0.6 is 0 Å². The van der Waals surface area contributed by atoms with Crippen LogP contribution in [0.4, 0.5) is 0 Å². The summed E-state index contributed by atoms with van der Waals surface area (Å²) < 4.78 is 0. The average molecular weight is 228 g/mol. The lowest BCUT2D eigenvalue weighted by Gasteiger charge is -2.38. The molecular formula is C14H32N2. The number of rotatable bonds is 9. The second kappa shape index (κ2) is 8.08. The predicted molar refractivity (Wildman–Crippen MR) is 73.9 cm³/mol. The molecule has 0 fully saturated rings. The van der Waals surface area contributed by atoms with Crippen molar-refractivity contribution in [3.63, 3.8) is 0 Å². The Kier molecular flexibility index (Phi) is 8.04. The Morgan fingerprint density at radius 2 is 1.69 bits per heavy atom. The molecule has 0 radical (unpaired) electrons. The predicted octanol–water partition coefficient (Wildman–Crippen LogP) is 3.13. The van der Waals surface area contributed by atoms with Crippen LogP contribution in [0, 0.1) is 5.41 Å². The van der Waals surface area contributed by atoms with Crippen molar-refractivity contribution in [1.29, 1.82) is 0 Å². The van der Waals surface area contributed by atoms with Gasteiger partial charge in [-0.15, -0.1) is 0 Å². The number of hydrogen-bond donors (Lipinski definition) is 1. The smallest absolute Gasteiger partial charge is 0.00614 e. The molecule has 0 amide bonds. The first-order valence-electron chi connectivity index (χ1n) is 6.96. The molecule has 0 saturated heterocycles. The van der Waals surface area contributed by atoms with Gasteiger partial charge in [0.25, 0.3) is 0 Å². The van der Waals surface area contributed by atoms with Gasteiger partial charge in [-0.25, -0.2) is 0 Å². The van der Waals surface area contributed by atoms with Crippen molar-refractivity contribution in [3.8, 4) is 0 Å². The van der Waals surface area contributed by atoms with E-state index in [4.69, 9.17) is 0 Å². The summed E-state index contributed by atoms with van der Waals surface area (Å²) in [7, 11) is 2.26. The highest BCUT2D eigenvalue weighted by atomic mass is 15.1. The van der Waals surface area contributed by atoms with Crippen LogP contribution in [0.3, 0.4) is 0 Å². The molecule has 98 valence electrons. The van der Waals surface area contributed by atoms with Crippen molar-refractivity contribution in [2.24, 2.45) is 5.41 Å². The molecule has 0 saturated carbocycles. The third kappa shape index (κ3) is 4.84. The molecule has 0 aromatic carbocycles. The molecule has 1 N–H and O–H groups in total. The molecule has 0 aromatic rings. The van der Waals surface area contributed by atoms with E-state index in [1.54, 1.807) is 0 Å². The van der Waals surface area contributed by atoms with Gasteiger partial charge in [-0.05, 0) is 45.2 Å². The summed E-state index contributed by atoms with van der Waals surface area (Å²) >= 11 is 0. The summed E-state index contributed by atoms with van der Waals surface area (Å²) in [6.07, 6.45) is 3.76. The van der Waals surface area contributed by atoms with E-state index in [0.717, 1.165) is 13.1 Å². The van der Waals surface area contributed by atoms with Crippen molar-refractivity contribution in [1.82, 2.24) is 10.2 Å². The normalized spacial score (nSPS) is 14.4. The van der Waals surface area contributed by atoms with Crippen LogP contribution in [0.15, 0.2) is 0 Å². The fraction of sp³-hybridized carbons (Fsp3) is 1.00. The Morgan fingerprint density at radius 3 is 2.06 bits per heavy atom. The van der Waals surface area contributed by atoms with Gasteiger partial charge in [-0.2, -0.15) is 0 Å². The zero-order valence-corrected chi connectivity index (χ0v) is 12.3. The zero-order chi connectivity index (χ0) is 12.6. The highest BCUT2D eigenvalue weighted by Gasteiger charge is 2.28. The van der Waals surface area contributed by atoms with Gasteiger partial charge in [0.1, 0.15) is 0 Å². The molecule has 1 atom stereocenters. The van der Waals surface area contributed by atoms with E-state index in [1.165, 1.54) is 25.8 Å². The molecule has 0 rings (SSSR count). The maximum atomic E-state index is 3.53. The number of hydrogen-bond acceptors (Lipinski definition) is 2. The minimum atomic E-state index is 0.453. The Labute approximate surface area is 103 Å². The summed E-state index contributed by atoms with van der Waals surface area (Å²) in [6.45, 7) is 14.9. The fourth-order valence-electron chi connectivity index (χ4n) is 2.17. The highest BCUT2D eigenvalue weighted by Crippen LogP contribution is 2.27. The van der Waals surface area contributed by atoms with Crippen LogP contribution in [0.25, 0.3) is 0 Å². The summed E-state index contributed by atoms with van der Waals surface area (Å²) in [5.41, 5.74) is 0.453.